The average Bonchev–Trinajstić information content (AvgIpc) is 3.25. The van der Waals surface area contributed by atoms with E-state index >= 15 is 0 Å². The van der Waals surface area contributed by atoms with E-state index in [9.17, 15) is 14.4 Å². The summed E-state index contributed by atoms with van der Waals surface area (Å²) >= 11 is 1.14. The van der Waals surface area contributed by atoms with Crippen molar-refractivity contribution in [1.82, 2.24) is 24.3 Å². The van der Waals surface area contributed by atoms with Gasteiger partial charge in [0, 0.05) is 19.2 Å². The molecular formula is C24H24N6O4S. The van der Waals surface area contributed by atoms with Crippen LogP contribution in [-0.4, -0.2) is 49.6 Å². The number of nitrogens with zero attached hydrogens (tertiary/aromatic N) is 4. The fourth-order valence-corrected chi connectivity index (χ4v) is 4.43. The highest BCUT2D eigenvalue weighted by Crippen LogP contribution is 2.24. The topological polar surface area (TPSA) is 138 Å². The van der Waals surface area contributed by atoms with Crippen LogP contribution in [0.5, 0.6) is 0 Å². The zero-order valence-corrected chi connectivity index (χ0v) is 19.8. The maximum Gasteiger partial charge on any atom is 0.330 e. The van der Waals surface area contributed by atoms with E-state index in [1.165, 1.54) is 7.11 Å². The van der Waals surface area contributed by atoms with Crippen LogP contribution in [0.4, 0.5) is 5.82 Å². The number of carbonyl (C=O) groups excluding carboxylic acids is 1. The Hall–Kier alpha value is -3.96. The molecule has 2 aromatic carbocycles. The molecule has 2 aromatic heterocycles. The second-order valence-electron chi connectivity index (χ2n) is 7.61. The first-order valence-corrected chi connectivity index (χ1v) is 11.8. The number of para-hydroxylation sites is 1. The van der Waals surface area contributed by atoms with E-state index in [0.29, 0.717) is 17.4 Å². The molecule has 0 fully saturated rings. The SMILES string of the molecule is COCCn1c(N)c(C(=O)CSc2nnc(Cc3ccccc3)n2-c2ccccc2)c(=O)[nH]c1=O. The fourth-order valence-electron chi connectivity index (χ4n) is 3.59. The Balaban J connectivity index is 1.62. The van der Waals surface area contributed by atoms with E-state index < -0.39 is 17.0 Å². The molecule has 0 aliphatic heterocycles. The monoisotopic (exact) mass is 492 g/mol. The van der Waals surface area contributed by atoms with E-state index in [0.717, 1.165) is 27.6 Å². The summed E-state index contributed by atoms with van der Waals surface area (Å²) in [5, 5.41) is 9.17. The number of rotatable bonds is 10. The van der Waals surface area contributed by atoms with Crippen molar-refractivity contribution in [3.8, 4) is 5.69 Å². The van der Waals surface area contributed by atoms with Crippen molar-refractivity contribution in [2.45, 2.75) is 18.1 Å². The number of ketones is 1. The van der Waals surface area contributed by atoms with Crippen molar-refractivity contribution in [2.24, 2.45) is 0 Å². The van der Waals surface area contributed by atoms with Gasteiger partial charge in [-0.1, -0.05) is 60.3 Å². The van der Waals surface area contributed by atoms with Crippen molar-refractivity contribution in [2.75, 3.05) is 25.2 Å². The van der Waals surface area contributed by atoms with Crippen LogP contribution in [0.15, 0.2) is 75.4 Å². The van der Waals surface area contributed by atoms with Gasteiger partial charge in [-0.15, -0.1) is 10.2 Å². The minimum absolute atomic E-state index is 0.108. The largest absolute Gasteiger partial charge is 0.384 e. The van der Waals surface area contributed by atoms with Crippen molar-refractivity contribution >= 4 is 23.4 Å². The number of nitrogen functional groups attached to an aromatic ring is 1. The summed E-state index contributed by atoms with van der Waals surface area (Å²) in [4.78, 5) is 39.7. The second kappa shape index (κ2) is 11.0. The average molecular weight is 493 g/mol. The lowest BCUT2D eigenvalue weighted by molar-refractivity contribution is 0.102. The van der Waals surface area contributed by atoms with Crippen LogP contribution < -0.4 is 17.0 Å². The highest BCUT2D eigenvalue weighted by atomic mass is 32.2. The zero-order chi connectivity index (χ0) is 24.8. The summed E-state index contributed by atoms with van der Waals surface area (Å²) in [7, 11) is 1.48. The molecule has 0 saturated heterocycles. The number of nitrogens with two attached hydrogens (primary N) is 1. The number of methoxy groups -OCH3 is 1. The summed E-state index contributed by atoms with van der Waals surface area (Å²) in [6, 6.07) is 19.5. The summed E-state index contributed by atoms with van der Waals surface area (Å²) < 4.78 is 7.98. The number of nitrogens with one attached hydrogen (secondary N) is 1. The van der Waals surface area contributed by atoms with Gasteiger partial charge < -0.3 is 10.5 Å². The lowest BCUT2D eigenvalue weighted by atomic mass is 10.1. The van der Waals surface area contributed by atoms with Gasteiger partial charge in [0.05, 0.1) is 18.9 Å². The van der Waals surface area contributed by atoms with Gasteiger partial charge in [0.1, 0.15) is 17.2 Å². The molecule has 35 heavy (non-hydrogen) atoms. The lowest BCUT2D eigenvalue weighted by Gasteiger charge is -2.12. The first-order valence-electron chi connectivity index (χ1n) is 10.8. The Morgan fingerprint density at radius 3 is 2.43 bits per heavy atom. The Kier molecular flexibility index (Phi) is 7.58. The molecule has 0 bridgehead atoms. The van der Waals surface area contributed by atoms with Crippen LogP contribution >= 0.6 is 11.8 Å². The number of hydrogen-bond acceptors (Lipinski definition) is 8. The molecule has 2 heterocycles. The van der Waals surface area contributed by atoms with Gasteiger partial charge in [-0.2, -0.15) is 0 Å². The normalized spacial score (nSPS) is 11.0. The number of aromatic nitrogens is 5. The van der Waals surface area contributed by atoms with Crippen molar-refractivity contribution in [1.29, 1.82) is 0 Å². The minimum Gasteiger partial charge on any atom is -0.384 e. The standard InChI is InChI=1S/C24H24N6O4S/c1-34-13-12-29-21(25)20(22(32)26-23(29)33)18(31)15-35-24-28-27-19(14-16-8-4-2-5-9-16)30(24)17-10-6-3-7-11-17/h2-11H,12-15,25H2,1H3,(H,26,32,33). The summed E-state index contributed by atoms with van der Waals surface area (Å²) in [6.45, 7) is 0.305. The Labute approximate surface area is 204 Å². The van der Waals surface area contributed by atoms with Crippen LogP contribution in [0, 0.1) is 0 Å². The van der Waals surface area contributed by atoms with Crippen molar-refractivity contribution < 1.29 is 9.53 Å². The molecule has 3 N–H and O–H groups in total. The van der Waals surface area contributed by atoms with Crippen molar-refractivity contribution in [3.63, 3.8) is 0 Å². The molecule has 0 aliphatic carbocycles. The van der Waals surface area contributed by atoms with E-state index in [-0.39, 0.29) is 30.3 Å². The first-order chi connectivity index (χ1) is 17.0. The third-order valence-electron chi connectivity index (χ3n) is 5.29. The highest BCUT2D eigenvalue weighted by molar-refractivity contribution is 7.99. The van der Waals surface area contributed by atoms with Gasteiger partial charge in [-0.3, -0.25) is 23.7 Å². The predicted octanol–water partition coefficient (Wildman–Crippen LogP) is 1.91. The lowest BCUT2D eigenvalue weighted by Crippen LogP contribution is -2.37. The molecule has 4 rings (SSSR count). The number of ether oxygens (including phenoxy) is 1. The van der Waals surface area contributed by atoms with Gasteiger partial charge in [0.2, 0.25) is 0 Å². The Morgan fingerprint density at radius 2 is 1.74 bits per heavy atom. The van der Waals surface area contributed by atoms with E-state index in [1.54, 1.807) is 0 Å². The number of anilines is 1. The van der Waals surface area contributed by atoms with Crippen LogP contribution in [0.1, 0.15) is 21.7 Å². The number of thioether (sulfide) groups is 1. The third-order valence-corrected chi connectivity index (χ3v) is 6.22. The molecule has 0 atom stereocenters. The maximum absolute atomic E-state index is 13.0. The van der Waals surface area contributed by atoms with Crippen LogP contribution in [0.3, 0.4) is 0 Å². The Morgan fingerprint density at radius 1 is 1.06 bits per heavy atom. The smallest absolute Gasteiger partial charge is 0.330 e. The van der Waals surface area contributed by atoms with Gasteiger partial charge in [-0.05, 0) is 17.7 Å². The minimum atomic E-state index is -0.818. The van der Waals surface area contributed by atoms with Gasteiger partial charge in [0.25, 0.3) is 5.56 Å². The summed E-state index contributed by atoms with van der Waals surface area (Å²) in [6.07, 6.45) is 0.550. The van der Waals surface area contributed by atoms with Crippen molar-refractivity contribution in [3.05, 3.63) is 98.5 Å². The van der Waals surface area contributed by atoms with Crippen LogP contribution in [0.25, 0.3) is 5.69 Å². The molecule has 180 valence electrons. The molecule has 0 saturated carbocycles. The number of H-pyrrole nitrogens is 1. The second-order valence-corrected chi connectivity index (χ2v) is 8.55. The van der Waals surface area contributed by atoms with E-state index in [1.807, 2.05) is 65.2 Å². The molecule has 10 nitrogen and oxygen atoms in total. The maximum atomic E-state index is 13.0. The van der Waals surface area contributed by atoms with Gasteiger partial charge >= 0.3 is 5.69 Å². The van der Waals surface area contributed by atoms with Crippen LogP contribution in [0.2, 0.25) is 0 Å². The van der Waals surface area contributed by atoms with Crippen LogP contribution in [-0.2, 0) is 17.7 Å². The molecular weight excluding hydrogens is 468 g/mol. The molecule has 0 unspecified atom stereocenters. The number of aromatic amines is 1. The molecule has 11 heteroatoms. The van der Waals surface area contributed by atoms with Gasteiger partial charge in [-0.25, -0.2) is 4.79 Å². The quantitative estimate of drug-likeness (QED) is 0.253. The molecule has 0 amide bonds. The zero-order valence-electron chi connectivity index (χ0n) is 19.0. The number of hydrogen-bond donors (Lipinski definition) is 2. The van der Waals surface area contributed by atoms with E-state index in [4.69, 9.17) is 10.5 Å². The summed E-state index contributed by atoms with van der Waals surface area (Å²) in [5.41, 5.74) is 6.18. The van der Waals surface area contributed by atoms with Gasteiger partial charge in [0.15, 0.2) is 10.9 Å². The molecule has 0 spiro atoms. The highest BCUT2D eigenvalue weighted by Gasteiger charge is 2.22. The first kappa shape index (κ1) is 24.2. The summed E-state index contributed by atoms with van der Waals surface area (Å²) in [5.74, 6) is -0.114. The number of carbonyl (C=O) groups is 1. The number of Topliss-reactive ketones (excluding diaryl/α,β-unsaturated/α-hetero) is 1. The molecule has 0 aliphatic rings. The fraction of sp³-hybridized carbons (Fsp3) is 0.208. The van der Waals surface area contributed by atoms with E-state index in [2.05, 4.69) is 15.2 Å². The Bertz CT molecular complexity index is 1430. The number of benzene rings is 2. The third kappa shape index (κ3) is 5.42. The molecule has 0 radical (unpaired) electrons. The predicted molar refractivity (Wildman–Crippen MR) is 133 cm³/mol. The molecule has 4 aromatic rings.